The fraction of sp³-hybridized carbons (Fsp3) is 0.278. The Morgan fingerprint density at radius 3 is 2.57 bits per heavy atom. The topological polar surface area (TPSA) is 36.3 Å². The van der Waals surface area contributed by atoms with Gasteiger partial charge in [0.05, 0.1) is 0 Å². The smallest absolute Gasteiger partial charge is 0.119 e. The number of nitrogens with zero attached hydrogens (tertiary/aromatic N) is 1. The number of nitrogens with one attached hydrogen (secondary N) is 1. The van der Waals surface area contributed by atoms with Crippen LogP contribution < -0.4 is 4.74 Å². The van der Waals surface area contributed by atoms with Crippen LogP contribution in [0.25, 0.3) is 0 Å². The normalized spacial score (nSPS) is 14.5. The van der Waals surface area contributed by atoms with Gasteiger partial charge >= 0.3 is 0 Å². The largest absolute Gasteiger partial charge is 0.492 e. The van der Waals surface area contributed by atoms with E-state index in [9.17, 15) is 0 Å². The Bertz CT molecular complexity index is 607. The van der Waals surface area contributed by atoms with E-state index in [1.54, 1.807) is 0 Å². The van der Waals surface area contributed by atoms with Crippen LogP contribution in [0.1, 0.15) is 16.7 Å². The van der Waals surface area contributed by atoms with Gasteiger partial charge in [0, 0.05) is 25.8 Å². The number of fused-ring (bicyclic) bond motifs is 1. The van der Waals surface area contributed by atoms with Gasteiger partial charge in [0.15, 0.2) is 0 Å². The van der Waals surface area contributed by atoms with E-state index >= 15 is 0 Å². The number of hydrogen-bond donors (Lipinski definition) is 1. The van der Waals surface area contributed by atoms with Crippen LogP contribution >= 0.6 is 0 Å². The van der Waals surface area contributed by atoms with Gasteiger partial charge in [-0.1, -0.05) is 24.3 Å². The third-order valence-corrected chi connectivity index (χ3v) is 3.93. The Morgan fingerprint density at radius 1 is 1.05 bits per heavy atom. The van der Waals surface area contributed by atoms with E-state index in [1.165, 1.54) is 17.3 Å². The summed E-state index contributed by atoms with van der Waals surface area (Å²) in [6.07, 6.45) is 2.47. The third kappa shape index (κ3) is 3.50. The van der Waals surface area contributed by atoms with E-state index < -0.39 is 0 Å². The molecule has 3 nitrogen and oxygen atoms in total. The van der Waals surface area contributed by atoms with Crippen molar-refractivity contribution in [2.24, 2.45) is 0 Å². The molecule has 0 unspecified atom stereocenters. The fourth-order valence-corrected chi connectivity index (χ4v) is 2.70. The van der Waals surface area contributed by atoms with E-state index in [0.29, 0.717) is 6.61 Å². The fourth-order valence-electron chi connectivity index (χ4n) is 2.70. The second-order valence-electron chi connectivity index (χ2n) is 5.36. The molecule has 0 radical (unpaired) electrons. The van der Waals surface area contributed by atoms with Crippen LogP contribution in [0.2, 0.25) is 0 Å². The summed E-state index contributed by atoms with van der Waals surface area (Å²) in [6.45, 7) is 3.77. The molecule has 0 fully saturated rings. The lowest BCUT2D eigenvalue weighted by Crippen LogP contribution is -2.33. The highest BCUT2D eigenvalue weighted by Crippen LogP contribution is 2.18. The first kappa shape index (κ1) is 13.8. The summed E-state index contributed by atoms with van der Waals surface area (Å²) in [5.74, 6) is 0.873. The molecule has 0 saturated carbocycles. The van der Waals surface area contributed by atoms with Crippen molar-refractivity contribution in [2.75, 3.05) is 19.7 Å². The number of hydrogen-bond acceptors (Lipinski definition) is 3. The lowest BCUT2D eigenvalue weighted by Gasteiger charge is -2.28. The maximum Gasteiger partial charge on any atom is 0.119 e. The Labute approximate surface area is 125 Å². The molecule has 21 heavy (non-hydrogen) atoms. The number of rotatable bonds is 5. The van der Waals surface area contributed by atoms with Gasteiger partial charge in [-0.3, -0.25) is 4.90 Å². The van der Waals surface area contributed by atoms with Gasteiger partial charge in [-0.05, 0) is 47.4 Å². The van der Waals surface area contributed by atoms with Crippen molar-refractivity contribution >= 4 is 6.21 Å². The van der Waals surface area contributed by atoms with E-state index in [1.807, 2.05) is 24.3 Å². The lowest BCUT2D eigenvalue weighted by atomic mass is 10.0. The van der Waals surface area contributed by atoms with Crippen molar-refractivity contribution in [2.45, 2.75) is 13.0 Å². The summed E-state index contributed by atoms with van der Waals surface area (Å²) < 4.78 is 5.78. The molecule has 0 spiro atoms. The molecule has 2 aromatic rings. The molecule has 1 aliphatic heterocycles. The molecular weight excluding hydrogens is 260 g/mol. The Morgan fingerprint density at radius 2 is 1.81 bits per heavy atom. The molecule has 1 N–H and O–H groups in total. The van der Waals surface area contributed by atoms with Crippen LogP contribution in [0.5, 0.6) is 5.75 Å². The standard InChI is InChI=1S/C18H20N2O/c19-13-15-5-7-18(8-6-15)21-12-11-20-10-9-16-3-1-2-4-17(16)14-20/h1-8,13,19H,9-12,14H2. The van der Waals surface area contributed by atoms with Crippen LogP contribution in [-0.4, -0.2) is 30.8 Å². The van der Waals surface area contributed by atoms with Crippen molar-refractivity contribution in [3.05, 3.63) is 65.2 Å². The summed E-state index contributed by atoms with van der Waals surface area (Å²) in [7, 11) is 0. The molecule has 0 saturated heterocycles. The van der Waals surface area contributed by atoms with Gasteiger partial charge in [-0.2, -0.15) is 0 Å². The van der Waals surface area contributed by atoms with Crippen molar-refractivity contribution in [3.63, 3.8) is 0 Å². The maximum atomic E-state index is 7.17. The molecule has 0 atom stereocenters. The zero-order chi connectivity index (χ0) is 14.5. The predicted molar refractivity (Wildman–Crippen MR) is 85.2 cm³/mol. The molecular formula is C18H20N2O. The minimum absolute atomic E-state index is 0.700. The third-order valence-electron chi connectivity index (χ3n) is 3.93. The summed E-state index contributed by atoms with van der Waals surface area (Å²) in [5.41, 5.74) is 3.82. The molecule has 3 heteroatoms. The van der Waals surface area contributed by atoms with Crippen LogP contribution in [0.15, 0.2) is 48.5 Å². The molecule has 0 aliphatic carbocycles. The second-order valence-corrected chi connectivity index (χ2v) is 5.36. The first-order valence-electron chi connectivity index (χ1n) is 7.37. The molecule has 3 rings (SSSR count). The molecule has 0 amide bonds. The highest BCUT2D eigenvalue weighted by molar-refractivity contribution is 5.76. The Balaban J connectivity index is 1.49. The lowest BCUT2D eigenvalue weighted by molar-refractivity contribution is 0.196. The van der Waals surface area contributed by atoms with Crippen LogP contribution in [0.3, 0.4) is 0 Å². The molecule has 108 valence electrons. The maximum absolute atomic E-state index is 7.17. The Kier molecular flexibility index (Phi) is 4.31. The van der Waals surface area contributed by atoms with Gasteiger partial charge in [0.2, 0.25) is 0 Å². The molecule has 1 aliphatic rings. The van der Waals surface area contributed by atoms with E-state index in [-0.39, 0.29) is 0 Å². The van der Waals surface area contributed by atoms with Crippen molar-refractivity contribution < 1.29 is 4.74 Å². The summed E-state index contributed by atoms with van der Waals surface area (Å²) in [4.78, 5) is 2.44. The van der Waals surface area contributed by atoms with Gasteiger partial charge in [-0.25, -0.2) is 0 Å². The zero-order valence-corrected chi connectivity index (χ0v) is 12.1. The average Bonchev–Trinajstić information content (AvgIpc) is 2.55. The van der Waals surface area contributed by atoms with Gasteiger partial charge in [-0.15, -0.1) is 0 Å². The second kappa shape index (κ2) is 6.55. The molecule has 1 heterocycles. The van der Waals surface area contributed by atoms with Gasteiger partial charge < -0.3 is 10.1 Å². The molecule has 0 bridgehead atoms. The highest BCUT2D eigenvalue weighted by atomic mass is 16.5. The monoisotopic (exact) mass is 280 g/mol. The zero-order valence-electron chi connectivity index (χ0n) is 12.1. The minimum atomic E-state index is 0.700. The highest BCUT2D eigenvalue weighted by Gasteiger charge is 2.15. The minimum Gasteiger partial charge on any atom is -0.492 e. The average molecular weight is 280 g/mol. The van der Waals surface area contributed by atoms with Crippen LogP contribution in [-0.2, 0) is 13.0 Å². The predicted octanol–water partition coefficient (Wildman–Crippen LogP) is 3.12. The number of benzene rings is 2. The first-order valence-corrected chi connectivity index (χ1v) is 7.37. The quantitative estimate of drug-likeness (QED) is 0.854. The molecule has 0 aromatic heterocycles. The summed E-state index contributed by atoms with van der Waals surface area (Å²) in [5, 5.41) is 7.17. The van der Waals surface area contributed by atoms with E-state index in [0.717, 1.165) is 37.4 Å². The Hall–Kier alpha value is -2.13. The summed E-state index contributed by atoms with van der Waals surface area (Å²) in [6, 6.07) is 16.3. The van der Waals surface area contributed by atoms with Crippen molar-refractivity contribution in [1.29, 1.82) is 5.41 Å². The molecule has 2 aromatic carbocycles. The SMILES string of the molecule is N=Cc1ccc(OCCN2CCc3ccccc3C2)cc1. The first-order chi connectivity index (χ1) is 10.3. The van der Waals surface area contributed by atoms with E-state index in [4.69, 9.17) is 10.1 Å². The van der Waals surface area contributed by atoms with Gasteiger partial charge in [0.1, 0.15) is 12.4 Å². The van der Waals surface area contributed by atoms with Gasteiger partial charge in [0.25, 0.3) is 0 Å². The summed E-state index contributed by atoms with van der Waals surface area (Å²) >= 11 is 0. The van der Waals surface area contributed by atoms with Crippen LogP contribution in [0.4, 0.5) is 0 Å². The van der Waals surface area contributed by atoms with Crippen molar-refractivity contribution in [3.8, 4) is 5.75 Å². The van der Waals surface area contributed by atoms with E-state index in [2.05, 4.69) is 29.2 Å². The van der Waals surface area contributed by atoms with Crippen LogP contribution in [0, 0.1) is 5.41 Å². The number of ether oxygens (including phenoxy) is 1. The van der Waals surface area contributed by atoms with Crippen molar-refractivity contribution in [1.82, 2.24) is 4.90 Å².